The highest BCUT2D eigenvalue weighted by Gasteiger charge is 2.44. The summed E-state index contributed by atoms with van der Waals surface area (Å²) in [5.41, 5.74) is 0. The minimum atomic E-state index is -0.980. The lowest BCUT2D eigenvalue weighted by Crippen LogP contribution is -2.54. The highest BCUT2D eigenvalue weighted by atomic mass is 16.4. The SMILES string of the molecule is CCCN(CC(=O)O)C(=O)N1C2CCC1CC(O)C2. The number of carbonyl (C=O) groups excluding carboxylic acids is 1. The van der Waals surface area contributed by atoms with Gasteiger partial charge < -0.3 is 20.0 Å². The van der Waals surface area contributed by atoms with Crippen molar-refractivity contribution in [3.8, 4) is 0 Å². The Balaban J connectivity index is 2.07. The Bertz CT molecular complexity index is 347. The number of nitrogens with zero attached hydrogens (tertiary/aromatic N) is 2. The van der Waals surface area contributed by atoms with Gasteiger partial charge in [0, 0.05) is 18.6 Å². The molecule has 0 radical (unpaired) electrons. The maximum absolute atomic E-state index is 12.5. The van der Waals surface area contributed by atoms with Gasteiger partial charge in [-0.3, -0.25) is 4.79 Å². The molecule has 2 bridgehead atoms. The van der Waals surface area contributed by atoms with E-state index in [1.54, 1.807) is 0 Å². The zero-order valence-electron chi connectivity index (χ0n) is 11.3. The first-order valence-corrected chi connectivity index (χ1v) is 7.00. The molecule has 0 aliphatic carbocycles. The summed E-state index contributed by atoms with van der Waals surface area (Å²) in [6, 6.07) is -0.0209. The molecule has 2 fully saturated rings. The van der Waals surface area contributed by atoms with Crippen molar-refractivity contribution in [3.05, 3.63) is 0 Å². The van der Waals surface area contributed by atoms with E-state index in [0.29, 0.717) is 19.4 Å². The molecule has 6 heteroatoms. The molecule has 0 aromatic rings. The largest absolute Gasteiger partial charge is 0.480 e. The summed E-state index contributed by atoms with van der Waals surface area (Å²) in [4.78, 5) is 26.6. The summed E-state index contributed by atoms with van der Waals surface area (Å²) >= 11 is 0. The fourth-order valence-corrected chi connectivity index (χ4v) is 3.30. The van der Waals surface area contributed by atoms with Gasteiger partial charge >= 0.3 is 12.0 Å². The van der Waals surface area contributed by atoms with Gasteiger partial charge in [0.05, 0.1) is 6.10 Å². The van der Waals surface area contributed by atoms with E-state index in [9.17, 15) is 14.7 Å². The minimum absolute atomic E-state index is 0.0781. The van der Waals surface area contributed by atoms with E-state index in [4.69, 9.17) is 5.11 Å². The number of amides is 2. The number of aliphatic hydroxyl groups excluding tert-OH is 1. The lowest BCUT2D eigenvalue weighted by molar-refractivity contribution is -0.137. The lowest BCUT2D eigenvalue weighted by Gasteiger charge is -2.39. The van der Waals surface area contributed by atoms with E-state index in [2.05, 4.69) is 0 Å². The second kappa shape index (κ2) is 5.77. The van der Waals surface area contributed by atoms with Gasteiger partial charge in [0.15, 0.2) is 0 Å². The number of carboxylic acid groups (broad SMARTS) is 1. The van der Waals surface area contributed by atoms with Gasteiger partial charge in [-0.2, -0.15) is 0 Å². The normalized spacial score (nSPS) is 29.4. The number of hydrogen-bond acceptors (Lipinski definition) is 3. The van der Waals surface area contributed by atoms with Crippen molar-refractivity contribution >= 4 is 12.0 Å². The Hall–Kier alpha value is -1.30. The molecule has 2 rings (SSSR count). The van der Waals surface area contributed by atoms with Crippen LogP contribution in [0.15, 0.2) is 0 Å². The van der Waals surface area contributed by atoms with E-state index in [0.717, 1.165) is 19.3 Å². The number of hydrogen-bond donors (Lipinski definition) is 2. The van der Waals surface area contributed by atoms with Crippen LogP contribution in [0.2, 0.25) is 0 Å². The lowest BCUT2D eigenvalue weighted by atomic mass is 10.0. The van der Waals surface area contributed by atoms with Crippen LogP contribution in [0.5, 0.6) is 0 Å². The molecule has 19 heavy (non-hydrogen) atoms. The molecule has 2 aliphatic rings. The average Bonchev–Trinajstić information content (AvgIpc) is 2.60. The number of piperidine rings is 1. The summed E-state index contributed by atoms with van der Waals surface area (Å²) in [7, 11) is 0. The van der Waals surface area contributed by atoms with Crippen molar-refractivity contribution in [1.82, 2.24) is 9.80 Å². The van der Waals surface area contributed by atoms with E-state index in [1.165, 1.54) is 4.90 Å². The van der Waals surface area contributed by atoms with Crippen LogP contribution in [0, 0.1) is 0 Å². The molecule has 2 saturated heterocycles. The second-order valence-corrected chi connectivity index (χ2v) is 5.52. The van der Waals surface area contributed by atoms with Gasteiger partial charge in [-0.05, 0) is 32.1 Å². The van der Waals surface area contributed by atoms with Crippen molar-refractivity contribution in [2.45, 2.75) is 57.2 Å². The predicted octanol–water partition coefficient (Wildman–Crippen LogP) is 0.891. The van der Waals surface area contributed by atoms with Crippen LogP contribution in [0.3, 0.4) is 0 Å². The maximum atomic E-state index is 12.5. The van der Waals surface area contributed by atoms with Crippen molar-refractivity contribution < 1.29 is 19.8 Å². The van der Waals surface area contributed by atoms with Crippen LogP contribution in [0.25, 0.3) is 0 Å². The van der Waals surface area contributed by atoms with Gasteiger partial charge in [-0.1, -0.05) is 6.92 Å². The predicted molar refractivity (Wildman–Crippen MR) is 68.8 cm³/mol. The van der Waals surface area contributed by atoms with Gasteiger partial charge in [0.2, 0.25) is 0 Å². The molecule has 0 aromatic carbocycles. The van der Waals surface area contributed by atoms with Crippen molar-refractivity contribution in [1.29, 1.82) is 0 Å². The molecule has 2 unspecified atom stereocenters. The van der Waals surface area contributed by atoms with Gasteiger partial charge in [-0.15, -0.1) is 0 Å². The summed E-state index contributed by atoms with van der Waals surface area (Å²) in [6.45, 7) is 2.14. The average molecular weight is 270 g/mol. The first-order valence-electron chi connectivity index (χ1n) is 7.00. The van der Waals surface area contributed by atoms with E-state index >= 15 is 0 Å². The first kappa shape index (κ1) is 14.1. The number of aliphatic carboxylic acids is 1. The molecule has 0 aromatic heterocycles. The van der Waals surface area contributed by atoms with Crippen LogP contribution >= 0.6 is 0 Å². The van der Waals surface area contributed by atoms with Crippen LogP contribution in [-0.2, 0) is 4.79 Å². The van der Waals surface area contributed by atoms with Gasteiger partial charge in [-0.25, -0.2) is 4.79 Å². The Morgan fingerprint density at radius 1 is 1.26 bits per heavy atom. The number of carbonyl (C=O) groups is 2. The first-order chi connectivity index (χ1) is 9.02. The van der Waals surface area contributed by atoms with Crippen LogP contribution in [0.1, 0.15) is 39.0 Å². The molecule has 6 nitrogen and oxygen atoms in total. The van der Waals surface area contributed by atoms with Crippen LogP contribution in [-0.4, -0.2) is 63.3 Å². The Morgan fingerprint density at radius 3 is 2.32 bits per heavy atom. The molecular formula is C13H22N2O4. The third-order valence-electron chi connectivity index (χ3n) is 4.02. The van der Waals surface area contributed by atoms with E-state index in [-0.39, 0.29) is 30.8 Å². The zero-order valence-corrected chi connectivity index (χ0v) is 11.3. The second-order valence-electron chi connectivity index (χ2n) is 5.52. The number of rotatable bonds is 4. The Labute approximate surface area is 113 Å². The monoisotopic (exact) mass is 270 g/mol. The summed E-state index contributed by atoms with van der Waals surface area (Å²) in [6.07, 6.45) is 3.50. The van der Waals surface area contributed by atoms with E-state index < -0.39 is 5.97 Å². The van der Waals surface area contributed by atoms with E-state index in [1.807, 2.05) is 11.8 Å². The van der Waals surface area contributed by atoms with Crippen LogP contribution < -0.4 is 0 Å². The number of fused-ring (bicyclic) bond motifs is 2. The summed E-state index contributed by atoms with van der Waals surface area (Å²) in [5, 5.41) is 18.6. The Kier molecular flexibility index (Phi) is 4.29. The van der Waals surface area contributed by atoms with Gasteiger partial charge in [0.1, 0.15) is 6.54 Å². The molecule has 2 atom stereocenters. The van der Waals surface area contributed by atoms with Crippen molar-refractivity contribution in [2.24, 2.45) is 0 Å². The molecule has 2 amide bonds. The van der Waals surface area contributed by atoms with Crippen molar-refractivity contribution in [2.75, 3.05) is 13.1 Å². The number of urea groups is 1. The third-order valence-corrected chi connectivity index (χ3v) is 4.02. The smallest absolute Gasteiger partial charge is 0.323 e. The number of carboxylic acids is 1. The minimum Gasteiger partial charge on any atom is -0.480 e. The molecular weight excluding hydrogens is 248 g/mol. The van der Waals surface area contributed by atoms with Gasteiger partial charge in [0.25, 0.3) is 0 Å². The molecule has 2 aliphatic heterocycles. The molecule has 2 N–H and O–H groups in total. The fourth-order valence-electron chi connectivity index (χ4n) is 3.30. The zero-order chi connectivity index (χ0) is 14.0. The summed E-state index contributed by atoms with van der Waals surface area (Å²) in [5.74, 6) is -0.980. The standard InChI is InChI=1S/C13H22N2O4/c1-2-5-14(8-12(17)18)13(19)15-9-3-4-10(15)7-11(16)6-9/h9-11,16H,2-8H2,1H3,(H,17,18). The Morgan fingerprint density at radius 2 is 1.84 bits per heavy atom. The fraction of sp³-hybridized carbons (Fsp3) is 0.846. The topological polar surface area (TPSA) is 81.1 Å². The highest BCUT2D eigenvalue weighted by Crippen LogP contribution is 2.36. The molecule has 0 saturated carbocycles. The number of aliphatic hydroxyl groups is 1. The molecule has 2 heterocycles. The van der Waals surface area contributed by atoms with Crippen molar-refractivity contribution in [3.63, 3.8) is 0 Å². The molecule has 108 valence electrons. The maximum Gasteiger partial charge on any atom is 0.323 e. The quantitative estimate of drug-likeness (QED) is 0.795. The van der Waals surface area contributed by atoms with Crippen LogP contribution in [0.4, 0.5) is 4.79 Å². The molecule has 0 spiro atoms. The summed E-state index contributed by atoms with van der Waals surface area (Å²) < 4.78 is 0. The third kappa shape index (κ3) is 3.00. The highest BCUT2D eigenvalue weighted by molar-refractivity contribution is 5.81.